The fourth-order valence-corrected chi connectivity index (χ4v) is 5.41. The van der Waals surface area contributed by atoms with Gasteiger partial charge in [-0.3, -0.25) is 18.7 Å². The van der Waals surface area contributed by atoms with Crippen molar-refractivity contribution in [1.82, 2.24) is 19.1 Å². The first-order valence-corrected chi connectivity index (χ1v) is 10.9. The Labute approximate surface area is 169 Å². The molecule has 0 aromatic carbocycles. The second-order valence-electron chi connectivity index (χ2n) is 8.87. The molecule has 0 radical (unpaired) electrons. The van der Waals surface area contributed by atoms with E-state index < -0.39 is 5.97 Å². The lowest BCUT2D eigenvalue weighted by Gasteiger charge is -2.35. The number of hydrogen-bond acceptors (Lipinski definition) is 4. The van der Waals surface area contributed by atoms with Crippen LogP contribution >= 0.6 is 0 Å². The molecule has 1 unspecified atom stereocenters. The number of fused-ring (bicyclic) bond motifs is 5. The van der Waals surface area contributed by atoms with Crippen molar-refractivity contribution in [3.05, 3.63) is 26.7 Å². The predicted octanol–water partition coefficient (Wildman–Crippen LogP) is 2.63. The standard InChI is InChI=1S/C21H30N4O4/c1-3-9-24-16-15(17(26)25(10-4-2)20(24)29)22-19(23-16)21-7-5-13(6-8-21)11-14(12-21)18(27)28/h13-14H,3-12H2,1-2H3,(H,22,23)(H,27,28). The number of carbonyl (C=O) groups is 1. The largest absolute Gasteiger partial charge is 0.481 e. The number of nitrogens with zero attached hydrogens (tertiary/aromatic N) is 3. The molecular weight excluding hydrogens is 372 g/mol. The lowest BCUT2D eigenvalue weighted by molar-refractivity contribution is -0.142. The molecule has 3 saturated carbocycles. The third kappa shape index (κ3) is 3.22. The molecule has 0 spiro atoms. The Balaban J connectivity index is 1.90. The monoisotopic (exact) mass is 402 g/mol. The summed E-state index contributed by atoms with van der Waals surface area (Å²) in [6.45, 7) is 4.80. The molecule has 2 aromatic rings. The van der Waals surface area contributed by atoms with E-state index in [0.29, 0.717) is 48.8 Å². The topological polar surface area (TPSA) is 110 Å². The van der Waals surface area contributed by atoms with Gasteiger partial charge < -0.3 is 10.1 Å². The molecule has 3 aliphatic rings. The summed E-state index contributed by atoms with van der Waals surface area (Å²) in [6, 6.07) is 0. The number of aromatic amines is 1. The Bertz CT molecular complexity index is 1040. The van der Waals surface area contributed by atoms with Gasteiger partial charge in [-0.15, -0.1) is 0 Å². The first kappa shape index (κ1) is 19.9. The maximum Gasteiger partial charge on any atom is 0.332 e. The number of rotatable bonds is 6. The van der Waals surface area contributed by atoms with E-state index in [9.17, 15) is 19.5 Å². The van der Waals surface area contributed by atoms with Gasteiger partial charge in [0, 0.05) is 18.5 Å². The lowest BCUT2D eigenvalue weighted by atomic mass is 9.70. The van der Waals surface area contributed by atoms with Gasteiger partial charge in [-0.05, 0) is 57.3 Å². The molecule has 29 heavy (non-hydrogen) atoms. The zero-order chi connectivity index (χ0) is 20.8. The molecule has 2 aromatic heterocycles. The van der Waals surface area contributed by atoms with Crippen molar-refractivity contribution in [3.63, 3.8) is 0 Å². The number of aliphatic carboxylic acids is 1. The van der Waals surface area contributed by atoms with Crippen LogP contribution < -0.4 is 11.2 Å². The van der Waals surface area contributed by atoms with Gasteiger partial charge in [-0.2, -0.15) is 0 Å². The summed E-state index contributed by atoms with van der Waals surface area (Å²) < 4.78 is 2.89. The molecule has 3 aliphatic carbocycles. The van der Waals surface area contributed by atoms with Crippen molar-refractivity contribution in [3.8, 4) is 0 Å². The van der Waals surface area contributed by atoms with Crippen LogP contribution in [0.1, 0.15) is 71.0 Å². The maximum atomic E-state index is 13.0. The van der Waals surface area contributed by atoms with Gasteiger partial charge in [0.05, 0.1) is 5.92 Å². The molecule has 0 amide bonds. The van der Waals surface area contributed by atoms with Crippen molar-refractivity contribution in [2.45, 2.75) is 83.7 Å². The van der Waals surface area contributed by atoms with Gasteiger partial charge in [-0.25, -0.2) is 9.78 Å². The lowest BCUT2D eigenvalue weighted by Crippen LogP contribution is -2.40. The van der Waals surface area contributed by atoms with Crippen LogP contribution in [0.3, 0.4) is 0 Å². The Morgan fingerprint density at radius 2 is 1.83 bits per heavy atom. The van der Waals surface area contributed by atoms with E-state index in [1.54, 1.807) is 4.57 Å². The predicted molar refractivity (Wildman–Crippen MR) is 109 cm³/mol. The summed E-state index contributed by atoms with van der Waals surface area (Å²) in [5, 5.41) is 9.69. The minimum Gasteiger partial charge on any atom is -0.481 e. The van der Waals surface area contributed by atoms with Gasteiger partial charge in [0.1, 0.15) is 11.3 Å². The van der Waals surface area contributed by atoms with Gasteiger partial charge in [0.25, 0.3) is 5.56 Å². The highest BCUT2D eigenvalue weighted by atomic mass is 16.4. The molecule has 8 nitrogen and oxygen atoms in total. The van der Waals surface area contributed by atoms with E-state index in [0.717, 1.165) is 38.5 Å². The molecule has 3 fully saturated rings. The van der Waals surface area contributed by atoms with E-state index >= 15 is 0 Å². The average molecular weight is 402 g/mol. The fourth-order valence-electron chi connectivity index (χ4n) is 5.41. The Morgan fingerprint density at radius 1 is 1.17 bits per heavy atom. The van der Waals surface area contributed by atoms with Crippen LogP contribution in [-0.4, -0.2) is 30.2 Å². The Kier molecular flexibility index (Phi) is 5.12. The fraction of sp³-hybridized carbons (Fsp3) is 0.714. The first-order valence-electron chi connectivity index (χ1n) is 10.9. The van der Waals surface area contributed by atoms with E-state index in [4.69, 9.17) is 4.98 Å². The summed E-state index contributed by atoms with van der Waals surface area (Å²) in [6.07, 6.45) is 6.45. The van der Waals surface area contributed by atoms with E-state index in [2.05, 4.69) is 4.98 Å². The molecule has 1 atom stereocenters. The molecule has 8 heteroatoms. The zero-order valence-corrected chi connectivity index (χ0v) is 17.2. The molecule has 0 aliphatic heterocycles. The van der Waals surface area contributed by atoms with Crippen molar-refractivity contribution >= 4 is 17.1 Å². The minimum absolute atomic E-state index is 0.310. The van der Waals surface area contributed by atoms with Crippen molar-refractivity contribution < 1.29 is 9.90 Å². The van der Waals surface area contributed by atoms with Crippen molar-refractivity contribution in [2.24, 2.45) is 11.8 Å². The van der Waals surface area contributed by atoms with Crippen LogP contribution in [0.15, 0.2) is 9.59 Å². The number of aryl methyl sites for hydroxylation is 1. The number of H-pyrrole nitrogens is 1. The first-order chi connectivity index (χ1) is 13.9. The minimum atomic E-state index is -0.743. The second-order valence-corrected chi connectivity index (χ2v) is 8.87. The molecular formula is C21H30N4O4. The normalized spacial score (nSPS) is 26.7. The SMILES string of the molecule is CCCn1c(=O)c2[nH]c(C34CCC(CC3)CC(C(=O)O)C4)nc2n(CCC)c1=O. The van der Waals surface area contributed by atoms with Gasteiger partial charge in [0.2, 0.25) is 0 Å². The zero-order valence-electron chi connectivity index (χ0n) is 17.2. The number of hydrogen-bond donors (Lipinski definition) is 2. The van der Waals surface area contributed by atoms with E-state index in [-0.39, 0.29) is 22.6 Å². The van der Waals surface area contributed by atoms with Gasteiger partial charge in [-0.1, -0.05) is 13.8 Å². The highest BCUT2D eigenvalue weighted by Gasteiger charge is 2.46. The van der Waals surface area contributed by atoms with Crippen molar-refractivity contribution in [2.75, 3.05) is 0 Å². The number of nitrogens with one attached hydrogen (secondary N) is 1. The Morgan fingerprint density at radius 3 is 2.45 bits per heavy atom. The summed E-state index contributed by atoms with van der Waals surface area (Å²) in [7, 11) is 0. The average Bonchev–Trinajstić information content (AvgIpc) is 2.96. The quantitative estimate of drug-likeness (QED) is 0.772. The maximum absolute atomic E-state index is 13.0. The van der Waals surface area contributed by atoms with Crippen LogP contribution in [0.25, 0.3) is 11.2 Å². The second kappa shape index (κ2) is 7.46. The summed E-state index contributed by atoms with van der Waals surface area (Å²) in [4.78, 5) is 45.8. The summed E-state index contributed by atoms with van der Waals surface area (Å²) in [5.74, 6) is 0.0196. The molecule has 0 saturated heterocycles. The molecule has 158 valence electrons. The smallest absolute Gasteiger partial charge is 0.332 e. The van der Waals surface area contributed by atoms with Crippen LogP contribution in [0.4, 0.5) is 0 Å². The van der Waals surface area contributed by atoms with E-state index in [1.165, 1.54) is 4.57 Å². The third-order valence-electron chi connectivity index (χ3n) is 6.92. The van der Waals surface area contributed by atoms with Gasteiger partial charge in [0.15, 0.2) is 5.65 Å². The highest BCUT2D eigenvalue weighted by Crippen LogP contribution is 2.50. The number of aromatic nitrogens is 4. The Hall–Kier alpha value is -2.38. The van der Waals surface area contributed by atoms with Gasteiger partial charge >= 0.3 is 11.7 Å². The third-order valence-corrected chi connectivity index (χ3v) is 6.92. The van der Waals surface area contributed by atoms with E-state index in [1.807, 2.05) is 13.8 Å². The van der Waals surface area contributed by atoms with Crippen LogP contribution in [0.5, 0.6) is 0 Å². The number of carboxylic acids is 1. The molecule has 2 heterocycles. The highest BCUT2D eigenvalue weighted by molar-refractivity contribution is 5.71. The number of carboxylic acid groups (broad SMARTS) is 1. The summed E-state index contributed by atoms with van der Waals surface area (Å²) in [5.41, 5.74) is -0.211. The number of imidazole rings is 1. The van der Waals surface area contributed by atoms with Crippen LogP contribution in [0.2, 0.25) is 0 Å². The molecule has 2 N–H and O–H groups in total. The van der Waals surface area contributed by atoms with Crippen molar-refractivity contribution in [1.29, 1.82) is 0 Å². The van der Waals surface area contributed by atoms with Crippen LogP contribution in [-0.2, 0) is 23.3 Å². The molecule has 5 rings (SSSR count). The summed E-state index contributed by atoms with van der Waals surface area (Å²) >= 11 is 0. The molecule has 2 bridgehead atoms. The van der Waals surface area contributed by atoms with Crippen LogP contribution in [0, 0.1) is 11.8 Å².